The van der Waals surface area contributed by atoms with E-state index in [-0.39, 0.29) is 0 Å². The number of ether oxygens (including phenoxy) is 3. The van der Waals surface area contributed by atoms with Gasteiger partial charge >= 0.3 is 0 Å². The van der Waals surface area contributed by atoms with Gasteiger partial charge in [-0.3, -0.25) is 0 Å². The van der Waals surface area contributed by atoms with E-state index in [4.69, 9.17) is 26.6 Å². The van der Waals surface area contributed by atoms with Crippen LogP contribution in [0, 0.1) is 53.3 Å². The van der Waals surface area contributed by atoms with Crippen molar-refractivity contribution in [2.45, 2.75) is 269 Å². The molecule has 0 N–H and O–H groups in total. The second kappa shape index (κ2) is 20.4. The Bertz CT molecular complexity index is 1490. The monoisotopic (exact) mass is 979 g/mol. The smallest absolute Gasteiger partial charge is 0.173 e. The molecule has 366 valence electrons. The Balaban J connectivity index is 0.927. The Morgan fingerprint density at radius 3 is 1.05 bits per heavy atom. The summed E-state index contributed by atoms with van der Waals surface area (Å²) in [4.78, 5) is 0. The number of hydrogen-bond donors (Lipinski definition) is 0. The van der Waals surface area contributed by atoms with Crippen LogP contribution >= 0.6 is 0 Å². The zero-order chi connectivity index (χ0) is 45.8. The molecule has 3 saturated heterocycles. The van der Waals surface area contributed by atoms with Crippen molar-refractivity contribution in [3.8, 4) is 0 Å². The van der Waals surface area contributed by atoms with Crippen molar-refractivity contribution >= 4 is 49.9 Å². The highest BCUT2D eigenvalue weighted by molar-refractivity contribution is 6.86. The molecule has 7 aliphatic rings. The van der Waals surface area contributed by atoms with Gasteiger partial charge in [0.05, 0.1) is 36.6 Å². The van der Waals surface area contributed by atoms with Crippen LogP contribution in [0.25, 0.3) is 0 Å². The molecule has 4 saturated carbocycles. The molecule has 4 aliphatic carbocycles. The first-order chi connectivity index (χ1) is 29.2. The third kappa shape index (κ3) is 15.8. The third-order valence-electron chi connectivity index (χ3n) is 18.3. The van der Waals surface area contributed by atoms with E-state index in [1.807, 2.05) is 0 Å². The molecular formula is C51H102O6Si6. The van der Waals surface area contributed by atoms with E-state index >= 15 is 0 Å². The SMILES string of the molecule is CC(C[Si](C)(C)O[Si](C)(C)CCC1CCC(CC[Si](C)(C)O[Si](C)(C)CC(C)C2CCC3OC3C2)C(CC[Si](C)(C)O[Si](C)(C)CC(C)C2CCC3OC3C2)C1)C1CCC2OC2C1. The Kier molecular flexibility index (Phi) is 16.8. The first-order valence-electron chi connectivity index (χ1n) is 27.3. The maximum absolute atomic E-state index is 7.46. The fourth-order valence-corrected chi connectivity index (χ4v) is 44.3. The highest BCUT2D eigenvalue weighted by Gasteiger charge is 2.49. The maximum Gasteiger partial charge on any atom is 0.173 e. The zero-order valence-corrected chi connectivity index (χ0v) is 50.0. The lowest BCUT2D eigenvalue weighted by Gasteiger charge is -2.42. The Labute approximate surface area is 396 Å². The number of epoxide rings is 3. The topological polar surface area (TPSA) is 65.3 Å². The average Bonchev–Trinajstić information content (AvgIpc) is 4.05. The lowest BCUT2D eigenvalue weighted by Crippen LogP contribution is -2.47. The van der Waals surface area contributed by atoms with E-state index in [0.29, 0.717) is 36.6 Å². The minimum Gasteiger partial charge on any atom is -0.455 e. The summed E-state index contributed by atoms with van der Waals surface area (Å²) in [5.74, 6) is 7.31. The Morgan fingerprint density at radius 2 is 0.698 bits per heavy atom. The molecule has 12 heteroatoms. The van der Waals surface area contributed by atoms with Crippen LogP contribution in [0.4, 0.5) is 0 Å². The largest absolute Gasteiger partial charge is 0.455 e. The molecule has 0 aromatic rings. The Morgan fingerprint density at radius 1 is 0.365 bits per heavy atom. The molecule has 3 heterocycles. The summed E-state index contributed by atoms with van der Waals surface area (Å²) in [6.07, 6.45) is 23.8. The molecule has 3 aliphatic heterocycles. The number of hydrogen-bond acceptors (Lipinski definition) is 6. The van der Waals surface area contributed by atoms with E-state index in [9.17, 15) is 0 Å². The predicted molar refractivity (Wildman–Crippen MR) is 281 cm³/mol. The van der Waals surface area contributed by atoms with Gasteiger partial charge in [0.1, 0.15) is 0 Å². The van der Waals surface area contributed by atoms with Crippen LogP contribution in [0.1, 0.15) is 117 Å². The zero-order valence-electron chi connectivity index (χ0n) is 44.0. The van der Waals surface area contributed by atoms with Crippen molar-refractivity contribution in [3.63, 3.8) is 0 Å². The normalized spacial score (nSPS) is 36.4. The van der Waals surface area contributed by atoms with Crippen LogP contribution in [0.3, 0.4) is 0 Å². The van der Waals surface area contributed by atoms with Gasteiger partial charge in [-0.1, -0.05) is 46.5 Å². The molecule has 63 heavy (non-hydrogen) atoms. The molecule has 0 spiro atoms. The van der Waals surface area contributed by atoms with Crippen LogP contribution in [0.2, 0.25) is 115 Å². The van der Waals surface area contributed by atoms with Crippen LogP contribution in [0.5, 0.6) is 0 Å². The molecule has 7 fully saturated rings. The van der Waals surface area contributed by atoms with Gasteiger partial charge in [-0.25, -0.2) is 0 Å². The second-order valence-electron chi connectivity index (χ2n) is 27.6. The fourth-order valence-electron chi connectivity index (χ4n) is 15.2. The standard InChI is InChI=1S/C51H102O6Si6/c1-37(42-18-21-46-49(31-42)52-46)34-61(10,11)55-58(4,5)27-24-40-16-17-41(25-28-59(6,7)56-62(12,13)35-38(2)43-19-22-47-50(32-43)53-47)45(30-40)26-29-60(8,9)57-63(14,15)36-39(3)44-20-23-48-51(33-44)54-48/h37-51H,16-36H2,1-15H3. The van der Waals surface area contributed by atoms with Gasteiger partial charge in [-0.05, 0) is 239 Å². The maximum atomic E-state index is 7.46. The van der Waals surface area contributed by atoms with Gasteiger partial charge < -0.3 is 26.6 Å². The minimum atomic E-state index is -1.82. The van der Waals surface area contributed by atoms with Gasteiger partial charge in [0, 0.05) is 0 Å². The predicted octanol–water partition coefficient (Wildman–Crippen LogP) is 15.1. The first kappa shape index (κ1) is 51.9. The van der Waals surface area contributed by atoms with Crippen molar-refractivity contribution in [2.24, 2.45) is 53.3 Å². The molecule has 0 bridgehead atoms. The van der Waals surface area contributed by atoms with E-state index in [2.05, 4.69) is 99.3 Å². The second-order valence-corrected chi connectivity index (χ2v) is 53.9. The van der Waals surface area contributed by atoms with Crippen LogP contribution < -0.4 is 0 Å². The summed E-state index contributed by atoms with van der Waals surface area (Å²) in [5.41, 5.74) is 0. The van der Waals surface area contributed by atoms with Crippen molar-refractivity contribution in [1.82, 2.24) is 0 Å². The number of rotatable bonds is 24. The summed E-state index contributed by atoms with van der Waals surface area (Å²) in [6.45, 7) is 38.3. The third-order valence-corrected chi connectivity index (χ3v) is 40.9. The molecular weight excluding hydrogens is 877 g/mol. The van der Waals surface area contributed by atoms with Crippen molar-refractivity contribution in [1.29, 1.82) is 0 Å². The van der Waals surface area contributed by atoms with E-state index in [1.165, 1.54) is 133 Å². The quantitative estimate of drug-likeness (QED) is 0.0709. The summed E-state index contributed by atoms with van der Waals surface area (Å²) < 4.78 is 40.0. The molecule has 7 rings (SSSR count). The summed E-state index contributed by atoms with van der Waals surface area (Å²) >= 11 is 0. The summed E-state index contributed by atoms with van der Waals surface area (Å²) in [6, 6.07) is 7.92. The molecule has 6 nitrogen and oxygen atoms in total. The lowest BCUT2D eigenvalue weighted by atomic mass is 9.71. The number of fused-ring (bicyclic) bond motifs is 3. The average molecular weight is 980 g/mol. The van der Waals surface area contributed by atoms with E-state index in [0.717, 1.165) is 53.3 Å². The van der Waals surface area contributed by atoms with Crippen LogP contribution in [-0.2, 0) is 26.6 Å². The van der Waals surface area contributed by atoms with Gasteiger partial charge in [0.15, 0.2) is 49.9 Å². The summed E-state index contributed by atoms with van der Waals surface area (Å²) in [5, 5.41) is 0. The fraction of sp³-hybridized carbons (Fsp3) is 1.00. The molecule has 0 aromatic heterocycles. The Hall–Kier alpha value is 1.06. The molecule has 0 amide bonds. The van der Waals surface area contributed by atoms with Gasteiger partial charge in [0.2, 0.25) is 0 Å². The van der Waals surface area contributed by atoms with Gasteiger partial charge in [0.25, 0.3) is 0 Å². The van der Waals surface area contributed by atoms with Crippen molar-refractivity contribution in [3.05, 3.63) is 0 Å². The van der Waals surface area contributed by atoms with Crippen LogP contribution in [-0.4, -0.2) is 86.5 Å². The molecule has 15 atom stereocenters. The molecule has 15 unspecified atom stereocenters. The van der Waals surface area contributed by atoms with Crippen molar-refractivity contribution < 1.29 is 26.6 Å². The van der Waals surface area contributed by atoms with Crippen molar-refractivity contribution in [2.75, 3.05) is 0 Å². The van der Waals surface area contributed by atoms with Gasteiger partial charge in [-0.2, -0.15) is 0 Å². The molecule has 0 radical (unpaired) electrons. The highest BCUT2D eigenvalue weighted by Crippen LogP contribution is 2.48. The summed E-state index contributed by atoms with van der Waals surface area (Å²) in [7, 11) is -10.7. The molecule has 0 aromatic carbocycles. The lowest BCUT2D eigenvalue weighted by molar-refractivity contribution is 0.164. The van der Waals surface area contributed by atoms with Crippen LogP contribution in [0.15, 0.2) is 0 Å². The highest BCUT2D eigenvalue weighted by atomic mass is 28.4. The van der Waals surface area contributed by atoms with E-state index in [1.54, 1.807) is 0 Å². The van der Waals surface area contributed by atoms with E-state index < -0.39 is 49.9 Å². The first-order valence-corrected chi connectivity index (χ1v) is 46.0. The minimum absolute atomic E-state index is 0.579. The van der Waals surface area contributed by atoms with Gasteiger partial charge in [-0.15, -0.1) is 0 Å².